The zero-order chi connectivity index (χ0) is 20.3. The minimum Gasteiger partial charge on any atom is -0.418 e. The molecule has 0 aromatic carbocycles. The van der Waals surface area contributed by atoms with Gasteiger partial charge in [-0.05, 0) is 51.4 Å². The van der Waals surface area contributed by atoms with Gasteiger partial charge in [0.1, 0.15) is 0 Å². The van der Waals surface area contributed by atoms with Crippen molar-refractivity contribution < 1.29 is 54.0 Å². The molecule has 0 aromatic heterocycles. The molecule has 159 valence electrons. The van der Waals surface area contributed by atoms with E-state index in [1.807, 2.05) is 0 Å². The summed E-state index contributed by atoms with van der Waals surface area (Å²) < 4.78 is 78.0. The maximum absolute atomic E-state index is 9.75. The molecule has 0 heterocycles. The molecule has 0 saturated heterocycles. The summed E-state index contributed by atoms with van der Waals surface area (Å²) in [6, 6.07) is 0. The Hall–Kier alpha value is -0.847. The minimum absolute atomic E-state index is 0. The summed E-state index contributed by atoms with van der Waals surface area (Å²) in [6.07, 6.45) is 28.0. The van der Waals surface area contributed by atoms with Crippen LogP contribution < -0.4 is 0 Å². The quantitative estimate of drug-likeness (QED) is 0.183. The smallest absolute Gasteiger partial charge is 0.418 e. The van der Waals surface area contributed by atoms with Gasteiger partial charge >= 0.3 is 34.0 Å². The minimum atomic E-state index is -6.00. The Balaban J connectivity index is -0.000000289. The Bertz CT molecular complexity index is 325. The number of halogens is 8. The Kier molecular flexibility index (Phi) is 22.8. The van der Waals surface area contributed by atoms with Gasteiger partial charge in [-0.3, -0.25) is 0 Å². The van der Waals surface area contributed by atoms with Crippen molar-refractivity contribution in [3.63, 3.8) is 0 Å². The van der Waals surface area contributed by atoms with E-state index in [1.165, 1.54) is 51.4 Å². The second-order valence-electron chi connectivity index (χ2n) is 5.18. The molecule has 2 aliphatic carbocycles. The van der Waals surface area contributed by atoms with Gasteiger partial charge in [-0.15, -0.1) is 0 Å². The van der Waals surface area contributed by atoms with Crippen LogP contribution in [0.1, 0.15) is 51.4 Å². The van der Waals surface area contributed by atoms with Gasteiger partial charge in [-0.25, -0.2) is 0 Å². The molecule has 27 heavy (non-hydrogen) atoms. The topological polar surface area (TPSA) is 0 Å². The van der Waals surface area contributed by atoms with Crippen LogP contribution in [0.4, 0.5) is 34.5 Å². The molecule has 0 nitrogen and oxygen atoms in total. The first kappa shape index (κ1) is 30.9. The molecular weight excluding hydrogens is 469 g/mol. The summed E-state index contributed by atoms with van der Waals surface area (Å²) in [6.45, 7) is 0. The molecule has 0 spiro atoms. The molecule has 0 aromatic rings. The van der Waals surface area contributed by atoms with Crippen LogP contribution in [0.2, 0.25) is 0 Å². The summed E-state index contributed by atoms with van der Waals surface area (Å²) in [5.41, 5.74) is 0. The van der Waals surface area contributed by atoms with E-state index in [-0.39, 0.29) is 19.5 Å². The molecule has 1 radical (unpaired) electrons. The predicted octanol–water partition coefficient (Wildman–Crippen LogP) is 7.94. The number of rotatable bonds is 0. The molecule has 0 N–H and O–H groups in total. The van der Waals surface area contributed by atoms with Gasteiger partial charge in [0.2, 0.25) is 0 Å². The van der Waals surface area contributed by atoms with Crippen LogP contribution in [0, 0.1) is 0 Å². The standard InChI is InChI=1S/2C8H12.2BF4.Rh/c2*1-2-4-6-8-7-5-3-1;2*2-1(3,4)5;/h2*1-2,7-8H,3-6H2;;;/q;;2*-1;+2. The van der Waals surface area contributed by atoms with Crippen molar-refractivity contribution in [1.29, 1.82) is 0 Å². The number of hydrogen-bond acceptors (Lipinski definition) is 0. The summed E-state index contributed by atoms with van der Waals surface area (Å²) >= 11 is 0. The second kappa shape index (κ2) is 19.9. The van der Waals surface area contributed by atoms with Crippen LogP contribution in [-0.2, 0) is 19.5 Å². The van der Waals surface area contributed by atoms with Crippen LogP contribution >= 0.6 is 0 Å². The maximum atomic E-state index is 9.75. The van der Waals surface area contributed by atoms with E-state index in [9.17, 15) is 34.5 Å². The summed E-state index contributed by atoms with van der Waals surface area (Å²) in [5.74, 6) is 0. The van der Waals surface area contributed by atoms with Gasteiger partial charge in [0.25, 0.3) is 0 Å². The van der Waals surface area contributed by atoms with Crippen molar-refractivity contribution >= 4 is 14.5 Å². The molecule has 0 amide bonds. The molecule has 0 bridgehead atoms. The Morgan fingerprint density at radius 2 is 0.407 bits per heavy atom. The van der Waals surface area contributed by atoms with Gasteiger partial charge in [0.15, 0.2) is 0 Å². The van der Waals surface area contributed by atoms with E-state index in [1.54, 1.807) is 0 Å². The monoisotopic (exact) mass is 493 g/mol. The van der Waals surface area contributed by atoms with Crippen LogP contribution in [0.5, 0.6) is 0 Å². The van der Waals surface area contributed by atoms with E-state index in [0.717, 1.165) is 0 Å². The first-order chi connectivity index (χ1) is 12.0. The van der Waals surface area contributed by atoms with Crippen molar-refractivity contribution in [3.05, 3.63) is 48.6 Å². The molecule has 2 aliphatic rings. The Morgan fingerprint density at radius 1 is 0.333 bits per heavy atom. The van der Waals surface area contributed by atoms with E-state index < -0.39 is 14.5 Å². The van der Waals surface area contributed by atoms with Crippen molar-refractivity contribution in [2.75, 3.05) is 0 Å². The molecule has 2 rings (SSSR count). The zero-order valence-corrected chi connectivity index (χ0v) is 16.4. The third kappa shape index (κ3) is 58.7. The molecule has 11 heteroatoms. The molecular formula is C16H24B2F8Rh. The largest absolute Gasteiger partial charge is 2.00 e. The van der Waals surface area contributed by atoms with E-state index >= 15 is 0 Å². The average molecular weight is 493 g/mol. The molecule has 0 atom stereocenters. The van der Waals surface area contributed by atoms with Gasteiger partial charge in [0, 0.05) is 0 Å². The predicted molar refractivity (Wildman–Crippen MR) is 93.9 cm³/mol. The van der Waals surface area contributed by atoms with Crippen LogP contribution in [0.15, 0.2) is 48.6 Å². The Morgan fingerprint density at radius 3 is 0.481 bits per heavy atom. The van der Waals surface area contributed by atoms with Crippen molar-refractivity contribution in [1.82, 2.24) is 0 Å². The van der Waals surface area contributed by atoms with Gasteiger partial charge in [0.05, 0.1) is 0 Å². The molecule has 0 fully saturated rings. The molecule has 0 unspecified atom stereocenters. The fourth-order valence-electron chi connectivity index (χ4n) is 1.71. The van der Waals surface area contributed by atoms with Gasteiger partial charge in [-0.1, -0.05) is 48.6 Å². The SMILES string of the molecule is C1=CCCC=CCC1.C1=CCCC=CCC1.F[B-](F)(F)F.F[B-](F)(F)F.[Rh+2]. The third-order valence-corrected chi connectivity index (χ3v) is 2.67. The first-order valence-corrected chi connectivity index (χ1v) is 8.35. The average Bonchev–Trinajstić information content (AvgIpc) is 2.32. The van der Waals surface area contributed by atoms with Crippen LogP contribution in [0.25, 0.3) is 0 Å². The second-order valence-corrected chi connectivity index (χ2v) is 5.18. The number of allylic oxidation sites excluding steroid dienone is 8. The van der Waals surface area contributed by atoms with E-state index in [2.05, 4.69) is 48.6 Å². The maximum Gasteiger partial charge on any atom is 2.00 e. The van der Waals surface area contributed by atoms with Gasteiger partial charge in [-0.2, -0.15) is 0 Å². The zero-order valence-electron chi connectivity index (χ0n) is 14.8. The van der Waals surface area contributed by atoms with E-state index in [4.69, 9.17) is 0 Å². The van der Waals surface area contributed by atoms with Gasteiger partial charge < -0.3 is 34.5 Å². The summed E-state index contributed by atoms with van der Waals surface area (Å²) in [5, 5.41) is 0. The normalized spacial score (nSPS) is 16.3. The number of hydrogen-bond donors (Lipinski definition) is 0. The third-order valence-electron chi connectivity index (χ3n) is 2.67. The first-order valence-electron chi connectivity index (χ1n) is 8.35. The molecule has 0 saturated carbocycles. The van der Waals surface area contributed by atoms with Crippen LogP contribution in [-0.4, -0.2) is 14.5 Å². The fourth-order valence-corrected chi connectivity index (χ4v) is 1.71. The Labute approximate surface area is 168 Å². The van der Waals surface area contributed by atoms with Crippen molar-refractivity contribution in [3.8, 4) is 0 Å². The summed E-state index contributed by atoms with van der Waals surface area (Å²) in [4.78, 5) is 0. The summed E-state index contributed by atoms with van der Waals surface area (Å²) in [7, 11) is -12.0. The van der Waals surface area contributed by atoms with Crippen molar-refractivity contribution in [2.24, 2.45) is 0 Å². The van der Waals surface area contributed by atoms with Crippen LogP contribution in [0.3, 0.4) is 0 Å². The fraction of sp³-hybridized carbons (Fsp3) is 0.500. The molecule has 0 aliphatic heterocycles. The van der Waals surface area contributed by atoms with E-state index in [0.29, 0.717) is 0 Å². The van der Waals surface area contributed by atoms with Crippen molar-refractivity contribution in [2.45, 2.75) is 51.4 Å².